The number of aromatic nitrogens is 3. The molecule has 0 amide bonds. The van der Waals surface area contributed by atoms with Gasteiger partial charge in [-0.1, -0.05) is 32.0 Å². The van der Waals surface area contributed by atoms with Crippen molar-refractivity contribution in [1.82, 2.24) is 14.8 Å². The lowest BCUT2D eigenvalue weighted by molar-refractivity contribution is -0.133. The number of aliphatic hydroxyl groups is 1. The smallest absolute Gasteiger partial charge is 0.313 e. The van der Waals surface area contributed by atoms with Gasteiger partial charge in [0.15, 0.2) is 11.0 Å². The minimum Gasteiger partial charge on any atom is -0.481 e. The molecule has 1 aromatic rings. The average Bonchev–Trinajstić information content (AvgIpc) is 2.78. The Hall–Kier alpha value is -1.08. The lowest BCUT2D eigenvalue weighted by atomic mass is 10.0. The van der Waals surface area contributed by atoms with E-state index in [-0.39, 0.29) is 18.4 Å². The predicted molar refractivity (Wildman–Crippen MR) is 73.1 cm³/mol. The number of hydrogen-bond acceptors (Lipinski definition) is 5. The maximum atomic E-state index is 10.6. The van der Waals surface area contributed by atoms with Gasteiger partial charge in [-0.2, -0.15) is 0 Å². The third-order valence-corrected chi connectivity index (χ3v) is 4.01. The molecule has 0 aliphatic rings. The second kappa shape index (κ2) is 7.49. The predicted octanol–water partition coefficient (Wildman–Crippen LogP) is 1.94. The number of carboxylic acids is 1. The van der Waals surface area contributed by atoms with Crippen molar-refractivity contribution in [1.29, 1.82) is 0 Å². The van der Waals surface area contributed by atoms with Crippen molar-refractivity contribution >= 4 is 17.7 Å². The van der Waals surface area contributed by atoms with Crippen LogP contribution in [0.3, 0.4) is 0 Å². The molecule has 2 N–H and O–H groups in total. The molecule has 0 aliphatic carbocycles. The summed E-state index contributed by atoms with van der Waals surface area (Å²) in [4.78, 5) is 10.6. The number of carbonyl (C=O) groups is 1. The highest BCUT2D eigenvalue weighted by atomic mass is 32.2. The van der Waals surface area contributed by atoms with Gasteiger partial charge in [0.1, 0.15) is 6.61 Å². The van der Waals surface area contributed by atoms with Gasteiger partial charge in [0.2, 0.25) is 0 Å². The Bertz CT molecular complexity index is 422. The Morgan fingerprint density at radius 1 is 1.42 bits per heavy atom. The van der Waals surface area contributed by atoms with E-state index in [1.807, 2.05) is 11.5 Å². The van der Waals surface area contributed by atoms with Crippen LogP contribution in [0.2, 0.25) is 0 Å². The second-order valence-corrected chi connectivity index (χ2v) is 5.65. The van der Waals surface area contributed by atoms with Crippen molar-refractivity contribution in [3.8, 4) is 0 Å². The van der Waals surface area contributed by atoms with Crippen LogP contribution >= 0.6 is 11.8 Å². The molecular weight excluding hydrogens is 266 g/mol. The highest BCUT2D eigenvalue weighted by Crippen LogP contribution is 2.26. The second-order valence-electron chi connectivity index (χ2n) is 4.71. The highest BCUT2D eigenvalue weighted by molar-refractivity contribution is 7.99. The summed E-state index contributed by atoms with van der Waals surface area (Å²) < 4.78 is 1.85. The summed E-state index contributed by atoms with van der Waals surface area (Å²) in [7, 11) is 0. The van der Waals surface area contributed by atoms with E-state index in [1.165, 1.54) is 0 Å². The molecule has 1 heterocycles. The molecule has 108 valence electrons. The highest BCUT2D eigenvalue weighted by Gasteiger charge is 2.19. The van der Waals surface area contributed by atoms with E-state index in [2.05, 4.69) is 24.0 Å². The molecular formula is C12H21N3O3S. The van der Waals surface area contributed by atoms with Crippen LogP contribution in [0.5, 0.6) is 0 Å². The number of aliphatic hydroxyl groups excluding tert-OH is 1. The van der Waals surface area contributed by atoms with Crippen LogP contribution in [0.1, 0.15) is 45.5 Å². The van der Waals surface area contributed by atoms with Crippen LogP contribution in [0.25, 0.3) is 0 Å². The molecule has 7 heteroatoms. The summed E-state index contributed by atoms with van der Waals surface area (Å²) in [5.74, 6) is 0.101. The SMILES string of the molecule is CCC(C)CC(C)n1c(CO)nnc1SCC(=O)O. The van der Waals surface area contributed by atoms with Gasteiger partial charge in [0, 0.05) is 6.04 Å². The zero-order valence-electron chi connectivity index (χ0n) is 11.5. The quantitative estimate of drug-likeness (QED) is 0.710. The van der Waals surface area contributed by atoms with E-state index in [4.69, 9.17) is 5.11 Å². The average molecular weight is 287 g/mol. The molecule has 1 rings (SSSR count). The summed E-state index contributed by atoms with van der Waals surface area (Å²) >= 11 is 1.13. The fourth-order valence-electron chi connectivity index (χ4n) is 1.94. The number of aliphatic carboxylic acids is 1. The molecule has 0 saturated carbocycles. The van der Waals surface area contributed by atoms with E-state index >= 15 is 0 Å². The first-order chi connectivity index (χ1) is 8.99. The van der Waals surface area contributed by atoms with Crippen molar-refractivity contribution in [2.45, 2.75) is 51.4 Å². The van der Waals surface area contributed by atoms with Gasteiger partial charge < -0.3 is 14.8 Å². The molecule has 6 nitrogen and oxygen atoms in total. The first-order valence-electron chi connectivity index (χ1n) is 6.38. The molecule has 0 spiro atoms. The van der Waals surface area contributed by atoms with E-state index in [0.29, 0.717) is 16.9 Å². The topological polar surface area (TPSA) is 88.2 Å². The Morgan fingerprint density at radius 2 is 2.11 bits per heavy atom. The first kappa shape index (κ1) is 16.0. The molecule has 2 unspecified atom stereocenters. The monoisotopic (exact) mass is 287 g/mol. The molecule has 0 bridgehead atoms. The maximum absolute atomic E-state index is 10.6. The number of carboxylic acid groups (broad SMARTS) is 1. The van der Waals surface area contributed by atoms with Gasteiger partial charge in [0.25, 0.3) is 0 Å². The van der Waals surface area contributed by atoms with Crippen molar-refractivity contribution in [3.05, 3.63) is 5.82 Å². The van der Waals surface area contributed by atoms with Gasteiger partial charge in [0.05, 0.1) is 5.75 Å². The van der Waals surface area contributed by atoms with Gasteiger partial charge in [-0.05, 0) is 19.3 Å². The molecule has 0 fully saturated rings. The van der Waals surface area contributed by atoms with Crippen LogP contribution in [-0.4, -0.2) is 36.7 Å². The van der Waals surface area contributed by atoms with Crippen molar-refractivity contribution in [3.63, 3.8) is 0 Å². The van der Waals surface area contributed by atoms with Gasteiger partial charge in [-0.3, -0.25) is 4.79 Å². The first-order valence-corrected chi connectivity index (χ1v) is 7.37. The van der Waals surface area contributed by atoms with Crippen LogP contribution in [0, 0.1) is 5.92 Å². The number of thioether (sulfide) groups is 1. The fourth-order valence-corrected chi connectivity index (χ4v) is 2.71. The Labute approximate surface area is 117 Å². The van der Waals surface area contributed by atoms with Crippen molar-refractivity contribution < 1.29 is 15.0 Å². The van der Waals surface area contributed by atoms with E-state index < -0.39 is 5.97 Å². The fraction of sp³-hybridized carbons (Fsp3) is 0.750. The normalized spacial score (nSPS) is 14.3. The van der Waals surface area contributed by atoms with E-state index in [9.17, 15) is 9.90 Å². The standard InChI is InChI=1S/C12H21N3O3S/c1-4-8(2)5-9(3)15-10(6-16)13-14-12(15)19-7-11(17)18/h8-9,16H,4-7H2,1-3H3,(H,17,18). The maximum Gasteiger partial charge on any atom is 0.313 e. The largest absolute Gasteiger partial charge is 0.481 e. The van der Waals surface area contributed by atoms with Crippen LogP contribution in [-0.2, 0) is 11.4 Å². The summed E-state index contributed by atoms with van der Waals surface area (Å²) in [6.07, 6.45) is 2.03. The van der Waals surface area contributed by atoms with E-state index in [0.717, 1.165) is 24.6 Å². The minimum atomic E-state index is -0.889. The third-order valence-electron chi connectivity index (χ3n) is 3.08. The Morgan fingerprint density at radius 3 is 2.63 bits per heavy atom. The zero-order chi connectivity index (χ0) is 14.4. The van der Waals surface area contributed by atoms with Crippen molar-refractivity contribution in [2.24, 2.45) is 5.92 Å². The lowest BCUT2D eigenvalue weighted by Gasteiger charge is -2.20. The van der Waals surface area contributed by atoms with Crippen LogP contribution < -0.4 is 0 Å². The Kier molecular flexibility index (Phi) is 6.30. The summed E-state index contributed by atoms with van der Waals surface area (Å²) in [6, 6.07) is 0.142. The molecule has 0 aromatic carbocycles. The third kappa shape index (κ3) is 4.50. The Balaban J connectivity index is 2.88. The van der Waals surface area contributed by atoms with Crippen molar-refractivity contribution in [2.75, 3.05) is 5.75 Å². The lowest BCUT2D eigenvalue weighted by Crippen LogP contribution is -2.14. The molecule has 0 radical (unpaired) electrons. The van der Waals surface area contributed by atoms with Crippen LogP contribution in [0.15, 0.2) is 5.16 Å². The van der Waals surface area contributed by atoms with Gasteiger partial charge in [-0.15, -0.1) is 10.2 Å². The molecule has 1 aromatic heterocycles. The zero-order valence-corrected chi connectivity index (χ0v) is 12.4. The number of hydrogen-bond donors (Lipinski definition) is 2. The molecule has 2 atom stereocenters. The molecule has 0 saturated heterocycles. The molecule has 19 heavy (non-hydrogen) atoms. The van der Waals surface area contributed by atoms with Crippen LogP contribution in [0.4, 0.5) is 0 Å². The van der Waals surface area contributed by atoms with Gasteiger partial charge >= 0.3 is 5.97 Å². The molecule has 0 aliphatic heterocycles. The summed E-state index contributed by atoms with van der Waals surface area (Å²) in [6.45, 7) is 6.16. The summed E-state index contributed by atoms with van der Waals surface area (Å²) in [5, 5.41) is 26.5. The summed E-state index contributed by atoms with van der Waals surface area (Å²) in [5.41, 5.74) is 0. The minimum absolute atomic E-state index is 0.0559. The number of rotatable bonds is 8. The number of nitrogens with zero attached hydrogens (tertiary/aromatic N) is 3. The van der Waals surface area contributed by atoms with E-state index in [1.54, 1.807) is 0 Å². The van der Waals surface area contributed by atoms with Gasteiger partial charge in [-0.25, -0.2) is 0 Å².